The lowest BCUT2D eigenvalue weighted by molar-refractivity contribution is -0.719. The van der Waals surface area contributed by atoms with Crippen LogP contribution in [0, 0.1) is 10.1 Å². The minimum atomic E-state index is -3.15. The van der Waals surface area contributed by atoms with Crippen LogP contribution in [0.5, 0.6) is 0 Å². The molecule has 3 N–H and O–H groups in total. The number of nitro groups is 1. The first-order chi connectivity index (χ1) is 11.5. The molecule has 0 unspecified atom stereocenters. The van der Waals surface area contributed by atoms with E-state index >= 15 is 0 Å². The van der Waals surface area contributed by atoms with Crippen LogP contribution < -0.4 is 10.6 Å². The molecule has 1 aliphatic heterocycles. The molecule has 25 heavy (non-hydrogen) atoms. The Morgan fingerprint density at radius 1 is 1.36 bits per heavy atom. The number of halogens is 3. The number of benzene rings is 1. The maximum atomic E-state index is 12.4. The Labute approximate surface area is 158 Å². The zero-order valence-corrected chi connectivity index (χ0v) is 15.8. The van der Waals surface area contributed by atoms with Crippen molar-refractivity contribution >= 4 is 56.2 Å². The zero-order chi connectivity index (χ0) is 18.8. The largest absolute Gasteiger partial charge is 0.320 e. The number of carbonyl (C=O) groups is 1. The number of carbonyl (C=O) groups excluding carboxylic acids is 1. The van der Waals surface area contributed by atoms with Crippen LogP contribution in [0.15, 0.2) is 24.3 Å². The van der Waals surface area contributed by atoms with E-state index < -0.39 is 30.6 Å². The summed E-state index contributed by atoms with van der Waals surface area (Å²) in [6.45, 7) is 0. The van der Waals surface area contributed by atoms with Gasteiger partial charge in [-0.2, -0.15) is 0 Å². The molecule has 0 spiro atoms. The Balaban J connectivity index is 2.18. The monoisotopic (exact) mass is 430 g/mol. The van der Waals surface area contributed by atoms with Gasteiger partial charge in [0.05, 0.1) is 10.7 Å². The van der Waals surface area contributed by atoms with Crippen LogP contribution in [0.1, 0.15) is 16.8 Å². The molecule has 0 bridgehead atoms. The number of hydrogen-bond acceptors (Lipinski definition) is 5. The maximum Gasteiger partial charge on any atom is 0.282 e. The fraction of sp³-hybridized carbons (Fsp3) is 0.462. The third-order valence-electron chi connectivity index (χ3n) is 3.72. The number of amides is 1. The molecule has 2 atom stereocenters. The number of sulfone groups is 1. The number of nitrogens with one attached hydrogen (secondary N) is 1. The van der Waals surface area contributed by atoms with E-state index in [0.29, 0.717) is 6.42 Å². The highest BCUT2D eigenvalue weighted by atomic mass is 35.6. The number of para-hydroxylation sites is 1. The van der Waals surface area contributed by atoms with Gasteiger partial charge in [0.1, 0.15) is 17.4 Å². The van der Waals surface area contributed by atoms with E-state index in [1.54, 1.807) is 0 Å². The van der Waals surface area contributed by atoms with Crippen LogP contribution in [0.4, 0.5) is 5.69 Å². The van der Waals surface area contributed by atoms with E-state index in [4.69, 9.17) is 34.8 Å². The van der Waals surface area contributed by atoms with Crippen LogP contribution in [0.3, 0.4) is 0 Å². The molecule has 0 aliphatic carbocycles. The Hall–Kier alpha value is -1.13. The fourth-order valence-electron chi connectivity index (χ4n) is 2.53. The summed E-state index contributed by atoms with van der Waals surface area (Å²) in [6, 6.07) is 4.99. The quantitative estimate of drug-likeness (QED) is 0.308. The van der Waals surface area contributed by atoms with Crippen molar-refractivity contribution in [1.29, 1.82) is 0 Å². The van der Waals surface area contributed by atoms with Crippen molar-refractivity contribution in [1.82, 2.24) is 5.32 Å². The van der Waals surface area contributed by atoms with Crippen molar-refractivity contribution in [2.75, 3.05) is 11.5 Å². The molecule has 1 aliphatic rings. The molecule has 0 aromatic heterocycles. The second-order valence-corrected chi connectivity index (χ2v) is 10.2. The summed E-state index contributed by atoms with van der Waals surface area (Å²) in [4.78, 5) is 22.7. The normalized spacial score (nSPS) is 20.8. The molecule has 8 nitrogen and oxygen atoms in total. The van der Waals surface area contributed by atoms with Crippen LogP contribution in [0.25, 0.3) is 0 Å². The van der Waals surface area contributed by atoms with Crippen LogP contribution >= 0.6 is 34.8 Å². The van der Waals surface area contributed by atoms with Gasteiger partial charge >= 0.3 is 0 Å². The number of rotatable bonds is 5. The molecule has 12 heteroatoms. The Bertz CT molecular complexity index is 781. The summed E-state index contributed by atoms with van der Waals surface area (Å²) in [5, 5.41) is 14.9. The summed E-state index contributed by atoms with van der Waals surface area (Å²) in [5.74, 6) is -0.856. The number of alkyl halides is 3. The van der Waals surface area contributed by atoms with Gasteiger partial charge in [0.15, 0.2) is 9.84 Å². The van der Waals surface area contributed by atoms with Gasteiger partial charge in [0.2, 0.25) is 6.17 Å². The molecule has 1 heterocycles. The topological polar surface area (TPSA) is 123 Å². The summed E-state index contributed by atoms with van der Waals surface area (Å²) < 4.78 is 21.2. The van der Waals surface area contributed by atoms with E-state index in [1.165, 1.54) is 29.6 Å². The first-order valence-corrected chi connectivity index (χ1v) is 10.1. The van der Waals surface area contributed by atoms with Crippen molar-refractivity contribution in [3.05, 3.63) is 39.9 Å². The second-order valence-electron chi connectivity index (χ2n) is 5.62. The molecule has 1 saturated heterocycles. The third kappa shape index (κ3) is 5.42. The summed E-state index contributed by atoms with van der Waals surface area (Å²) in [7, 11) is -3.15. The standard InChI is InChI=1S/C13H14Cl3N3O5S/c14-13(15,16)12(17-8-5-6-25(23,24)7-8)18-11(20)9-3-1-2-4-10(9)19(21)22/h1-4,8,12,17H,5-7H2,(H,18,20)/p+1/t8-,12+/m1/s1. The zero-order valence-electron chi connectivity index (χ0n) is 12.7. The van der Waals surface area contributed by atoms with Gasteiger partial charge in [-0.15, -0.1) is 0 Å². The molecule has 1 amide bonds. The predicted molar refractivity (Wildman–Crippen MR) is 93.6 cm³/mol. The molecule has 2 rings (SSSR count). The highest BCUT2D eigenvalue weighted by Crippen LogP contribution is 2.28. The van der Waals surface area contributed by atoms with E-state index in [2.05, 4.69) is 5.32 Å². The molecule has 1 aromatic rings. The van der Waals surface area contributed by atoms with Gasteiger partial charge in [0.25, 0.3) is 15.4 Å². The lowest BCUT2D eigenvalue weighted by Crippen LogP contribution is -3.00. The number of quaternary nitrogens is 1. The van der Waals surface area contributed by atoms with Crippen molar-refractivity contribution in [2.24, 2.45) is 0 Å². The first-order valence-electron chi connectivity index (χ1n) is 7.16. The number of nitrogens with zero attached hydrogens (tertiary/aromatic N) is 1. The summed E-state index contributed by atoms with van der Waals surface area (Å²) in [5.41, 5.74) is -0.564. The van der Waals surface area contributed by atoms with Crippen LogP contribution in [0.2, 0.25) is 0 Å². The molecule has 138 valence electrons. The minimum absolute atomic E-state index is 0.0266. The van der Waals surface area contributed by atoms with Crippen molar-refractivity contribution < 1.29 is 23.5 Å². The van der Waals surface area contributed by atoms with Crippen molar-refractivity contribution in [3.8, 4) is 0 Å². The lowest BCUT2D eigenvalue weighted by Gasteiger charge is -2.25. The Morgan fingerprint density at radius 2 is 2.00 bits per heavy atom. The SMILES string of the molecule is O=C(N[C@H]([NH2+][C@@H]1CCS(=O)(=O)C1)C(Cl)(Cl)Cl)c1ccccc1[N+](=O)[O-]. The maximum absolute atomic E-state index is 12.4. The van der Waals surface area contributed by atoms with Gasteiger partial charge in [-0.05, 0) is 6.07 Å². The average Bonchev–Trinajstić information content (AvgIpc) is 2.84. The lowest BCUT2D eigenvalue weighted by atomic mass is 10.1. The molecular weight excluding hydrogens is 417 g/mol. The third-order valence-corrected chi connectivity index (χ3v) is 6.22. The van der Waals surface area contributed by atoms with E-state index in [0.717, 1.165) is 0 Å². The average molecular weight is 432 g/mol. The Morgan fingerprint density at radius 3 is 2.52 bits per heavy atom. The van der Waals surface area contributed by atoms with E-state index in [-0.39, 0.29) is 28.8 Å². The molecule has 0 radical (unpaired) electrons. The molecule has 1 fully saturated rings. The first kappa shape index (κ1) is 20.2. The van der Waals surface area contributed by atoms with Gasteiger partial charge < -0.3 is 5.32 Å². The second kappa shape index (κ2) is 7.63. The number of nitro benzene ring substituents is 1. The van der Waals surface area contributed by atoms with Gasteiger partial charge in [-0.1, -0.05) is 46.9 Å². The number of nitrogens with two attached hydrogens (primary N) is 1. The Kier molecular flexibility index (Phi) is 6.16. The van der Waals surface area contributed by atoms with Gasteiger partial charge in [-0.3, -0.25) is 20.2 Å². The highest BCUT2D eigenvalue weighted by molar-refractivity contribution is 7.91. The van der Waals surface area contributed by atoms with Crippen LogP contribution in [-0.2, 0) is 9.84 Å². The minimum Gasteiger partial charge on any atom is -0.320 e. The predicted octanol–water partition coefficient (Wildman–Crippen LogP) is 0.771. The molecular formula is C13H15Cl3N3O5S+. The smallest absolute Gasteiger partial charge is 0.282 e. The van der Waals surface area contributed by atoms with Crippen molar-refractivity contribution in [2.45, 2.75) is 22.4 Å². The molecule has 1 aromatic carbocycles. The fourth-order valence-corrected chi connectivity index (χ4v) is 4.67. The molecule has 0 saturated carbocycles. The van der Waals surface area contributed by atoms with Gasteiger partial charge in [0, 0.05) is 12.5 Å². The van der Waals surface area contributed by atoms with Crippen LogP contribution in [-0.4, -0.2) is 46.8 Å². The van der Waals surface area contributed by atoms with E-state index in [9.17, 15) is 23.3 Å². The van der Waals surface area contributed by atoms with E-state index in [1.807, 2.05) is 0 Å². The summed E-state index contributed by atoms with van der Waals surface area (Å²) in [6.07, 6.45) is -0.746. The number of hydrogen-bond donors (Lipinski definition) is 2. The highest BCUT2D eigenvalue weighted by Gasteiger charge is 2.42. The summed E-state index contributed by atoms with van der Waals surface area (Å²) >= 11 is 17.7. The van der Waals surface area contributed by atoms with Crippen molar-refractivity contribution in [3.63, 3.8) is 0 Å². The van der Waals surface area contributed by atoms with Gasteiger partial charge in [-0.25, -0.2) is 8.42 Å².